The number of likely N-dealkylation sites (N-methyl/N-ethyl adjacent to an activating group) is 1. The Morgan fingerprint density at radius 2 is 1.85 bits per heavy atom. The molecule has 3 aliphatic rings. The van der Waals surface area contributed by atoms with E-state index >= 15 is 0 Å². The van der Waals surface area contributed by atoms with Crippen LogP contribution in [0, 0.1) is 11.3 Å². The van der Waals surface area contributed by atoms with E-state index < -0.39 is 5.60 Å². The van der Waals surface area contributed by atoms with Gasteiger partial charge in [0.2, 0.25) is 0 Å². The van der Waals surface area contributed by atoms with Crippen LogP contribution >= 0.6 is 0 Å². The molecule has 1 amide bonds. The Morgan fingerprint density at radius 3 is 2.57 bits per heavy atom. The first kappa shape index (κ1) is 31.9. The number of piperazine rings is 1. The Bertz CT molecular complexity index is 1610. The van der Waals surface area contributed by atoms with Gasteiger partial charge in [0.15, 0.2) is 0 Å². The number of aryl methyl sites for hydroxylation is 1. The molecular weight excluding hydrogens is 578 g/mol. The molecule has 2 atom stereocenters. The van der Waals surface area contributed by atoms with Gasteiger partial charge in [-0.05, 0) is 77.1 Å². The highest BCUT2D eigenvalue weighted by Gasteiger charge is 2.36. The maximum Gasteiger partial charge on any atom is 0.410 e. The summed E-state index contributed by atoms with van der Waals surface area (Å²) in [7, 11) is 2.15. The molecule has 46 heavy (non-hydrogen) atoms. The standard InChI is InChI=1S/C36H47N7O3/c1-6-25-10-7-11-26-12-8-14-31(32(25)26)41-19-16-29-30(23-41)38-34(45-24-28-13-9-18-40(28)5)39-33(29)42-20-21-43(27(22-42)15-17-37)35(44)46-36(2,3)4/h7-8,10-12,14,27-28H,6,9,13,15-16,18-24H2,1-5H3/t27?,28-/m0/s1. The second-order valence-electron chi connectivity index (χ2n) is 13.8. The summed E-state index contributed by atoms with van der Waals surface area (Å²) in [6.45, 7) is 12.5. The minimum absolute atomic E-state index is 0.217. The van der Waals surface area contributed by atoms with Gasteiger partial charge in [-0.15, -0.1) is 0 Å². The monoisotopic (exact) mass is 625 g/mol. The topological polar surface area (TPSA) is 98.1 Å². The summed E-state index contributed by atoms with van der Waals surface area (Å²) < 4.78 is 12.0. The molecule has 10 heteroatoms. The van der Waals surface area contributed by atoms with Crippen molar-refractivity contribution in [2.24, 2.45) is 0 Å². The summed E-state index contributed by atoms with van der Waals surface area (Å²) >= 11 is 0. The van der Waals surface area contributed by atoms with E-state index in [9.17, 15) is 10.1 Å². The molecule has 1 aromatic heterocycles. The normalized spacial score (nSPS) is 20.5. The summed E-state index contributed by atoms with van der Waals surface area (Å²) in [6.07, 6.45) is 3.87. The first-order chi connectivity index (χ1) is 22.1. The van der Waals surface area contributed by atoms with Crippen molar-refractivity contribution in [3.05, 3.63) is 53.2 Å². The number of anilines is 2. The van der Waals surface area contributed by atoms with Crippen LogP contribution in [-0.4, -0.2) is 89.9 Å². The Kier molecular flexibility index (Phi) is 9.23. The van der Waals surface area contributed by atoms with E-state index in [1.54, 1.807) is 4.90 Å². The zero-order chi connectivity index (χ0) is 32.4. The zero-order valence-corrected chi connectivity index (χ0v) is 28.0. The van der Waals surface area contributed by atoms with Crippen LogP contribution in [0.2, 0.25) is 0 Å². The van der Waals surface area contributed by atoms with Crippen LogP contribution in [0.4, 0.5) is 16.3 Å². The zero-order valence-electron chi connectivity index (χ0n) is 28.0. The van der Waals surface area contributed by atoms with Gasteiger partial charge in [0, 0.05) is 48.9 Å². The van der Waals surface area contributed by atoms with Crippen LogP contribution in [0.1, 0.15) is 63.8 Å². The number of carbonyl (C=O) groups excluding carboxylic acids is 1. The lowest BCUT2D eigenvalue weighted by Crippen LogP contribution is -2.56. The lowest BCUT2D eigenvalue weighted by Gasteiger charge is -2.42. The van der Waals surface area contributed by atoms with Crippen molar-refractivity contribution in [1.29, 1.82) is 5.26 Å². The predicted octanol–water partition coefficient (Wildman–Crippen LogP) is 5.57. The van der Waals surface area contributed by atoms with E-state index in [0.717, 1.165) is 49.4 Å². The van der Waals surface area contributed by atoms with E-state index in [4.69, 9.17) is 19.4 Å². The Morgan fingerprint density at radius 1 is 1.04 bits per heavy atom. The maximum absolute atomic E-state index is 13.1. The van der Waals surface area contributed by atoms with Crippen molar-refractivity contribution in [2.45, 2.75) is 84.0 Å². The van der Waals surface area contributed by atoms with E-state index in [0.29, 0.717) is 44.8 Å². The molecule has 0 aliphatic carbocycles. The fourth-order valence-electron chi connectivity index (χ4n) is 7.13. The van der Waals surface area contributed by atoms with Crippen LogP contribution in [-0.2, 0) is 24.1 Å². The molecule has 244 valence electrons. The van der Waals surface area contributed by atoms with Crippen LogP contribution in [0.15, 0.2) is 36.4 Å². The molecule has 10 nitrogen and oxygen atoms in total. The van der Waals surface area contributed by atoms with Gasteiger partial charge in [-0.3, -0.25) is 0 Å². The first-order valence-electron chi connectivity index (χ1n) is 16.7. The van der Waals surface area contributed by atoms with Gasteiger partial charge >= 0.3 is 12.1 Å². The third kappa shape index (κ3) is 6.70. The molecule has 2 saturated heterocycles. The lowest BCUT2D eigenvalue weighted by molar-refractivity contribution is 0.0144. The average Bonchev–Trinajstić information content (AvgIpc) is 3.46. The summed E-state index contributed by atoms with van der Waals surface area (Å²) in [4.78, 5) is 31.9. The second kappa shape index (κ2) is 13.3. The molecule has 0 spiro atoms. The Labute approximate surface area is 272 Å². The largest absolute Gasteiger partial charge is 0.462 e. The molecule has 3 aromatic rings. The Balaban J connectivity index is 1.32. The minimum Gasteiger partial charge on any atom is -0.462 e. The molecule has 0 saturated carbocycles. The second-order valence-corrected chi connectivity index (χ2v) is 13.8. The van der Waals surface area contributed by atoms with E-state index in [2.05, 4.69) is 71.1 Å². The molecule has 4 heterocycles. The number of nitriles is 1. The van der Waals surface area contributed by atoms with E-state index in [1.165, 1.54) is 28.4 Å². The fourth-order valence-corrected chi connectivity index (χ4v) is 7.13. The summed E-state index contributed by atoms with van der Waals surface area (Å²) in [6, 6.07) is 15.8. The number of fused-ring (bicyclic) bond motifs is 2. The van der Waals surface area contributed by atoms with Crippen molar-refractivity contribution in [1.82, 2.24) is 19.8 Å². The van der Waals surface area contributed by atoms with Gasteiger partial charge in [-0.25, -0.2) is 4.79 Å². The smallest absolute Gasteiger partial charge is 0.410 e. The number of aromatic nitrogens is 2. The number of likely N-dealkylation sites (tertiary alicyclic amines) is 1. The minimum atomic E-state index is -0.607. The van der Waals surface area contributed by atoms with Crippen LogP contribution < -0.4 is 14.5 Å². The number of nitrogens with zero attached hydrogens (tertiary/aromatic N) is 7. The highest BCUT2D eigenvalue weighted by molar-refractivity contribution is 5.97. The number of amides is 1. The first-order valence-corrected chi connectivity index (χ1v) is 16.7. The summed E-state index contributed by atoms with van der Waals surface area (Å²) in [5, 5.41) is 12.2. The predicted molar refractivity (Wildman–Crippen MR) is 180 cm³/mol. The molecule has 2 aromatic carbocycles. The van der Waals surface area contributed by atoms with Crippen molar-refractivity contribution in [3.63, 3.8) is 0 Å². The van der Waals surface area contributed by atoms with Crippen LogP contribution in [0.3, 0.4) is 0 Å². The van der Waals surface area contributed by atoms with E-state index in [-0.39, 0.29) is 18.6 Å². The number of carbonyl (C=O) groups is 1. The third-order valence-electron chi connectivity index (χ3n) is 9.53. The van der Waals surface area contributed by atoms with E-state index in [1.807, 2.05) is 20.8 Å². The highest BCUT2D eigenvalue weighted by Crippen LogP contribution is 2.36. The van der Waals surface area contributed by atoms with Crippen molar-refractivity contribution in [2.75, 3.05) is 56.2 Å². The number of benzene rings is 2. The van der Waals surface area contributed by atoms with Gasteiger partial charge in [0.05, 0.1) is 30.8 Å². The number of ether oxygens (including phenoxy) is 2. The number of hydrogen-bond acceptors (Lipinski definition) is 9. The molecule has 6 rings (SSSR count). The molecule has 3 aliphatic heterocycles. The third-order valence-corrected chi connectivity index (χ3v) is 9.53. The quantitative estimate of drug-likeness (QED) is 0.334. The summed E-state index contributed by atoms with van der Waals surface area (Å²) in [5.74, 6) is 0.860. The van der Waals surface area contributed by atoms with Crippen molar-refractivity contribution >= 4 is 28.4 Å². The van der Waals surface area contributed by atoms with Gasteiger partial charge in [-0.1, -0.05) is 37.3 Å². The number of hydrogen-bond donors (Lipinski definition) is 0. The van der Waals surface area contributed by atoms with Gasteiger partial charge in [0.1, 0.15) is 18.0 Å². The van der Waals surface area contributed by atoms with Gasteiger partial charge in [0.25, 0.3) is 0 Å². The SMILES string of the molecule is CCc1cccc2cccc(N3CCc4c(nc(OC[C@@H]5CCCN5C)nc4N4CCN(C(=O)OC(C)(C)C)C(CC#N)C4)C3)c12. The van der Waals surface area contributed by atoms with Gasteiger partial charge < -0.3 is 29.1 Å². The number of rotatable bonds is 7. The summed E-state index contributed by atoms with van der Waals surface area (Å²) in [5.41, 5.74) is 4.07. The van der Waals surface area contributed by atoms with Crippen molar-refractivity contribution < 1.29 is 14.3 Å². The highest BCUT2D eigenvalue weighted by atomic mass is 16.6. The molecule has 0 radical (unpaired) electrons. The maximum atomic E-state index is 13.1. The average molecular weight is 626 g/mol. The Hall–Kier alpha value is -4.10. The van der Waals surface area contributed by atoms with Gasteiger partial charge in [-0.2, -0.15) is 15.2 Å². The fraction of sp³-hybridized carbons (Fsp3) is 0.556. The molecule has 0 bridgehead atoms. The molecule has 2 fully saturated rings. The molecular formula is C36H47N7O3. The molecule has 0 N–H and O–H groups in total. The lowest BCUT2D eigenvalue weighted by atomic mass is 9.98. The van der Waals surface area contributed by atoms with Crippen molar-refractivity contribution in [3.8, 4) is 12.1 Å². The molecule has 1 unspecified atom stereocenters. The van der Waals surface area contributed by atoms with Crippen LogP contribution in [0.5, 0.6) is 6.01 Å². The van der Waals surface area contributed by atoms with Crippen LogP contribution in [0.25, 0.3) is 10.8 Å².